The summed E-state index contributed by atoms with van der Waals surface area (Å²) >= 11 is 0. The molecule has 5 nitrogen and oxygen atoms in total. The van der Waals surface area contributed by atoms with Gasteiger partial charge in [0.25, 0.3) is 11.8 Å². The van der Waals surface area contributed by atoms with E-state index in [9.17, 15) is 9.59 Å². The molecule has 1 fully saturated rings. The van der Waals surface area contributed by atoms with Gasteiger partial charge >= 0.3 is 0 Å². The number of benzene rings is 1. The number of hydrogen-bond acceptors (Lipinski definition) is 3. The van der Waals surface area contributed by atoms with Gasteiger partial charge in [0.05, 0.1) is 0 Å². The lowest BCUT2D eigenvalue weighted by Gasteiger charge is -2.32. The summed E-state index contributed by atoms with van der Waals surface area (Å²) in [6.45, 7) is 7.18. The highest BCUT2D eigenvalue weighted by Gasteiger charge is 2.20. The minimum absolute atomic E-state index is 0.0125. The van der Waals surface area contributed by atoms with Gasteiger partial charge in [0, 0.05) is 43.9 Å². The lowest BCUT2D eigenvalue weighted by molar-refractivity contribution is 0.0664. The number of nitrogens with zero attached hydrogens (tertiary/aromatic N) is 2. The molecule has 0 atom stereocenters. The predicted octanol–water partition coefficient (Wildman–Crippen LogP) is 0.990. The average molecular weight is 287 g/mol. The highest BCUT2D eigenvalue weighted by Crippen LogP contribution is 2.10. The minimum Gasteiger partial charge on any atom is -0.349 e. The highest BCUT2D eigenvalue weighted by atomic mass is 16.2. The van der Waals surface area contributed by atoms with Crippen molar-refractivity contribution in [3.05, 3.63) is 48.0 Å². The van der Waals surface area contributed by atoms with Crippen LogP contribution in [0.25, 0.3) is 0 Å². The number of piperazine rings is 1. The van der Waals surface area contributed by atoms with Crippen LogP contribution < -0.4 is 5.32 Å². The summed E-state index contributed by atoms with van der Waals surface area (Å²) < 4.78 is 0. The SMILES string of the molecule is C=CCNC(=O)c1cccc(C(=O)N2CCN(C)CC2)c1. The molecular weight excluding hydrogens is 266 g/mol. The number of nitrogens with one attached hydrogen (secondary N) is 1. The fourth-order valence-corrected chi connectivity index (χ4v) is 2.25. The van der Waals surface area contributed by atoms with Crippen LogP contribution in [0, 0.1) is 0 Å². The molecule has 1 aromatic carbocycles. The molecule has 1 N–H and O–H groups in total. The predicted molar refractivity (Wildman–Crippen MR) is 82.4 cm³/mol. The monoisotopic (exact) mass is 287 g/mol. The Balaban J connectivity index is 2.07. The molecule has 1 aromatic rings. The molecule has 1 aliphatic rings. The quantitative estimate of drug-likeness (QED) is 0.840. The largest absolute Gasteiger partial charge is 0.349 e. The van der Waals surface area contributed by atoms with Crippen LogP contribution in [0.1, 0.15) is 20.7 Å². The van der Waals surface area contributed by atoms with Crippen LogP contribution in [0.2, 0.25) is 0 Å². The van der Waals surface area contributed by atoms with Gasteiger partial charge in [-0.15, -0.1) is 6.58 Å². The van der Waals surface area contributed by atoms with E-state index in [0.717, 1.165) is 26.2 Å². The fourth-order valence-electron chi connectivity index (χ4n) is 2.25. The third kappa shape index (κ3) is 3.92. The summed E-state index contributed by atoms with van der Waals surface area (Å²) in [7, 11) is 2.05. The van der Waals surface area contributed by atoms with Crippen LogP contribution in [0.15, 0.2) is 36.9 Å². The van der Waals surface area contributed by atoms with Gasteiger partial charge in [-0.25, -0.2) is 0 Å². The molecule has 0 spiro atoms. The highest BCUT2D eigenvalue weighted by molar-refractivity contribution is 5.99. The molecule has 1 heterocycles. The first-order chi connectivity index (χ1) is 10.1. The van der Waals surface area contributed by atoms with Crippen molar-refractivity contribution in [2.75, 3.05) is 39.8 Å². The Morgan fingerprint density at radius 3 is 2.57 bits per heavy atom. The van der Waals surface area contributed by atoms with Crippen LogP contribution in [0.5, 0.6) is 0 Å². The van der Waals surface area contributed by atoms with Crippen molar-refractivity contribution in [2.24, 2.45) is 0 Å². The Hall–Kier alpha value is -2.14. The van der Waals surface area contributed by atoms with Crippen LogP contribution >= 0.6 is 0 Å². The molecule has 0 saturated carbocycles. The molecule has 0 aliphatic carbocycles. The van der Waals surface area contributed by atoms with E-state index in [1.54, 1.807) is 30.3 Å². The molecule has 5 heteroatoms. The summed E-state index contributed by atoms with van der Waals surface area (Å²) in [5.41, 5.74) is 1.06. The molecule has 0 aromatic heterocycles. The van der Waals surface area contributed by atoms with Gasteiger partial charge in [0.2, 0.25) is 0 Å². The molecule has 1 aliphatic heterocycles. The first-order valence-electron chi connectivity index (χ1n) is 7.09. The van der Waals surface area contributed by atoms with E-state index in [4.69, 9.17) is 0 Å². The van der Waals surface area contributed by atoms with Crippen LogP contribution in [-0.2, 0) is 0 Å². The number of hydrogen-bond donors (Lipinski definition) is 1. The zero-order valence-electron chi connectivity index (χ0n) is 12.3. The van der Waals surface area contributed by atoms with Crippen molar-refractivity contribution >= 4 is 11.8 Å². The molecule has 112 valence electrons. The minimum atomic E-state index is -0.192. The van der Waals surface area contributed by atoms with E-state index < -0.39 is 0 Å². The maximum absolute atomic E-state index is 12.5. The topological polar surface area (TPSA) is 52.7 Å². The maximum atomic E-state index is 12.5. The van der Waals surface area contributed by atoms with Crippen molar-refractivity contribution in [1.82, 2.24) is 15.1 Å². The van der Waals surface area contributed by atoms with Gasteiger partial charge in [-0.2, -0.15) is 0 Å². The molecule has 21 heavy (non-hydrogen) atoms. The molecule has 1 saturated heterocycles. The third-order valence-corrected chi connectivity index (χ3v) is 3.57. The van der Waals surface area contributed by atoms with Gasteiger partial charge in [0.15, 0.2) is 0 Å². The van der Waals surface area contributed by atoms with Crippen LogP contribution in [0.3, 0.4) is 0 Å². The lowest BCUT2D eigenvalue weighted by Crippen LogP contribution is -2.47. The Morgan fingerprint density at radius 2 is 1.90 bits per heavy atom. The number of rotatable bonds is 4. The Bertz CT molecular complexity index is 534. The van der Waals surface area contributed by atoms with Gasteiger partial charge in [-0.05, 0) is 25.2 Å². The van der Waals surface area contributed by atoms with E-state index in [1.165, 1.54) is 0 Å². The summed E-state index contributed by atoms with van der Waals surface area (Å²) in [6.07, 6.45) is 1.62. The van der Waals surface area contributed by atoms with E-state index in [2.05, 4.69) is 16.8 Å². The second kappa shape index (κ2) is 7.04. The first kappa shape index (κ1) is 15.3. The molecular formula is C16H21N3O2. The van der Waals surface area contributed by atoms with Crippen molar-refractivity contribution in [3.63, 3.8) is 0 Å². The number of amides is 2. The van der Waals surface area contributed by atoms with E-state index in [-0.39, 0.29) is 11.8 Å². The molecule has 0 radical (unpaired) electrons. The smallest absolute Gasteiger partial charge is 0.253 e. The summed E-state index contributed by atoms with van der Waals surface area (Å²) in [6, 6.07) is 6.86. The van der Waals surface area contributed by atoms with Gasteiger partial charge in [-0.1, -0.05) is 12.1 Å². The molecule has 0 unspecified atom stereocenters. The van der Waals surface area contributed by atoms with Crippen LogP contribution in [0.4, 0.5) is 0 Å². The Kier molecular flexibility index (Phi) is 5.11. The standard InChI is InChI=1S/C16H21N3O2/c1-3-7-17-15(20)13-5-4-6-14(12-13)16(21)19-10-8-18(2)9-11-19/h3-6,12H,1,7-11H2,2H3,(H,17,20). The molecule has 2 rings (SSSR count). The van der Waals surface area contributed by atoms with E-state index in [0.29, 0.717) is 17.7 Å². The number of carbonyl (C=O) groups excluding carboxylic acids is 2. The Labute approximate surface area is 125 Å². The second-order valence-corrected chi connectivity index (χ2v) is 5.17. The van der Waals surface area contributed by atoms with Gasteiger partial charge in [0.1, 0.15) is 0 Å². The van der Waals surface area contributed by atoms with Gasteiger partial charge < -0.3 is 15.1 Å². The summed E-state index contributed by atoms with van der Waals surface area (Å²) in [5, 5.41) is 2.71. The van der Waals surface area contributed by atoms with Crippen molar-refractivity contribution in [2.45, 2.75) is 0 Å². The van der Waals surface area contributed by atoms with Gasteiger partial charge in [-0.3, -0.25) is 9.59 Å². The number of likely N-dealkylation sites (N-methyl/N-ethyl adjacent to an activating group) is 1. The van der Waals surface area contributed by atoms with Crippen molar-refractivity contribution < 1.29 is 9.59 Å². The first-order valence-corrected chi connectivity index (χ1v) is 7.09. The second-order valence-electron chi connectivity index (χ2n) is 5.17. The van der Waals surface area contributed by atoms with E-state index in [1.807, 2.05) is 11.9 Å². The van der Waals surface area contributed by atoms with E-state index >= 15 is 0 Å². The summed E-state index contributed by atoms with van der Waals surface area (Å²) in [4.78, 5) is 28.4. The molecule has 2 amide bonds. The summed E-state index contributed by atoms with van der Waals surface area (Å²) in [5.74, 6) is -0.204. The molecule has 0 bridgehead atoms. The maximum Gasteiger partial charge on any atom is 0.253 e. The average Bonchev–Trinajstić information content (AvgIpc) is 2.52. The van der Waals surface area contributed by atoms with Crippen LogP contribution in [-0.4, -0.2) is 61.4 Å². The normalized spacial score (nSPS) is 15.6. The van der Waals surface area contributed by atoms with Crippen molar-refractivity contribution in [3.8, 4) is 0 Å². The number of carbonyl (C=O) groups is 2. The third-order valence-electron chi connectivity index (χ3n) is 3.57. The fraction of sp³-hybridized carbons (Fsp3) is 0.375. The Morgan fingerprint density at radius 1 is 1.24 bits per heavy atom. The lowest BCUT2D eigenvalue weighted by atomic mass is 10.1. The zero-order chi connectivity index (χ0) is 15.2. The van der Waals surface area contributed by atoms with Crippen molar-refractivity contribution in [1.29, 1.82) is 0 Å². The zero-order valence-corrected chi connectivity index (χ0v) is 12.3.